The Kier molecular flexibility index (Phi) is 5.29. The molecule has 4 aromatic rings. The fraction of sp³-hybridized carbons (Fsp3) is 0.0952. The van der Waals surface area contributed by atoms with Gasteiger partial charge in [-0.3, -0.25) is 19.3 Å². The van der Waals surface area contributed by atoms with Gasteiger partial charge in [0.1, 0.15) is 5.82 Å². The largest absolute Gasteiger partial charge is 0.419 e. The molecule has 0 fully saturated rings. The van der Waals surface area contributed by atoms with Crippen LogP contribution in [0.2, 0.25) is 0 Å². The summed E-state index contributed by atoms with van der Waals surface area (Å²) in [6, 6.07) is 14.9. The maximum Gasteiger partial charge on any atom is 0.419 e. The molecule has 1 heterocycles. The highest BCUT2D eigenvalue weighted by Gasteiger charge is 2.35. The van der Waals surface area contributed by atoms with Crippen molar-refractivity contribution in [2.75, 3.05) is 4.72 Å². The number of anilines is 1. The van der Waals surface area contributed by atoms with Gasteiger partial charge in [0, 0.05) is 5.69 Å². The Labute approximate surface area is 179 Å². The lowest BCUT2D eigenvalue weighted by molar-refractivity contribution is -0.140. The average molecular weight is 465 g/mol. The number of benzene rings is 3. The quantitative estimate of drug-likeness (QED) is 0.430. The second-order valence-corrected chi connectivity index (χ2v) is 8.67. The Morgan fingerprint density at radius 3 is 2.38 bits per heavy atom. The summed E-state index contributed by atoms with van der Waals surface area (Å²) in [6.07, 6.45) is -5.05. The molecule has 1 aromatic heterocycles. The van der Waals surface area contributed by atoms with Gasteiger partial charge in [0.15, 0.2) is 0 Å². The summed E-state index contributed by atoms with van der Waals surface area (Å²) in [5.41, 5.74) is -0.730. The van der Waals surface area contributed by atoms with Gasteiger partial charge in [-0.15, -0.1) is 0 Å². The molecule has 0 bridgehead atoms. The number of nitrogens with one attached hydrogen (secondary N) is 2. The van der Waals surface area contributed by atoms with E-state index in [0.717, 1.165) is 11.6 Å². The zero-order valence-corrected chi connectivity index (χ0v) is 17.0. The van der Waals surface area contributed by atoms with E-state index >= 15 is 0 Å². The molecule has 32 heavy (non-hydrogen) atoms. The molecule has 0 aliphatic heterocycles. The SMILES string of the molecule is O=c1[nH]n(Cc2ccccc2)c2ccc(NS(=O)(=O)c3ccc(F)c(C(F)(F)F)c3)cc12. The third-order valence-corrected chi connectivity index (χ3v) is 6.14. The van der Waals surface area contributed by atoms with Crippen LogP contribution in [0.4, 0.5) is 23.2 Å². The molecule has 0 aliphatic rings. The van der Waals surface area contributed by atoms with Gasteiger partial charge >= 0.3 is 6.18 Å². The van der Waals surface area contributed by atoms with Crippen LogP contribution in [0.3, 0.4) is 0 Å². The number of H-pyrrole nitrogens is 1. The van der Waals surface area contributed by atoms with Gasteiger partial charge in [-0.1, -0.05) is 30.3 Å². The van der Waals surface area contributed by atoms with E-state index in [9.17, 15) is 30.8 Å². The lowest BCUT2D eigenvalue weighted by Crippen LogP contribution is -2.16. The van der Waals surface area contributed by atoms with E-state index in [1.165, 1.54) is 18.2 Å². The van der Waals surface area contributed by atoms with Crippen molar-refractivity contribution in [1.82, 2.24) is 9.78 Å². The standard InChI is InChI=1S/C21H15F4N3O3S/c22-18-8-7-15(11-17(18)21(23,24)25)32(30,31)27-14-6-9-19-16(10-14)20(29)26-28(19)12-13-4-2-1-3-5-13/h1-11,27H,12H2,(H,26,29). The van der Waals surface area contributed by atoms with Crippen molar-refractivity contribution in [1.29, 1.82) is 0 Å². The van der Waals surface area contributed by atoms with E-state index in [1.54, 1.807) is 4.68 Å². The molecule has 2 N–H and O–H groups in total. The number of halogens is 4. The van der Waals surface area contributed by atoms with Gasteiger partial charge < -0.3 is 0 Å². The van der Waals surface area contributed by atoms with Crippen molar-refractivity contribution >= 4 is 26.6 Å². The normalized spacial score (nSPS) is 12.2. The third-order valence-electron chi connectivity index (χ3n) is 4.76. The molecule has 166 valence electrons. The highest BCUT2D eigenvalue weighted by atomic mass is 32.2. The van der Waals surface area contributed by atoms with Crippen LogP contribution in [-0.2, 0) is 22.7 Å². The Morgan fingerprint density at radius 1 is 0.969 bits per heavy atom. The van der Waals surface area contributed by atoms with Crippen molar-refractivity contribution < 1.29 is 26.0 Å². The minimum atomic E-state index is -5.05. The maximum atomic E-state index is 13.5. The van der Waals surface area contributed by atoms with Crippen LogP contribution < -0.4 is 10.3 Å². The van der Waals surface area contributed by atoms with Crippen LogP contribution in [-0.4, -0.2) is 18.2 Å². The zero-order chi connectivity index (χ0) is 23.1. The molecule has 0 amide bonds. The van der Waals surface area contributed by atoms with E-state index in [0.29, 0.717) is 18.1 Å². The molecular weight excluding hydrogens is 450 g/mol. The number of hydrogen-bond acceptors (Lipinski definition) is 3. The van der Waals surface area contributed by atoms with Gasteiger partial charge in [0.2, 0.25) is 0 Å². The predicted molar refractivity (Wildman–Crippen MR) is 110 cm³/mol. The van der Waals surface area contributed by atoms with Crippen molar-refractivity contribution in [3.63, 3.8) is 0 Å². The first-order valence-electron chi connectivity index (χ1n) is 9.21. The molecular formula is C21H15F4N3O3S. The highest BCUT2D eigenvalue weighted by molar-refractivity contribution is 7.92. The van der Waals surface area contributed by atoms with E-state index in [1.807, 2.05) is 30.3 Å². The number of rotatable bonds is 5. The second-order valence-electron chi connectivity index (χ2n) is 6.99. The molecule has 0 radical (unpaired) electrons. The molecule has 0 saturated carbocycles. The first-order chi connectivity index (χ1) is 15.0. The summed E-state index contributed by atoms with van der Waals surface area (Å²) < 4.78 is 81.1. The van der Waals surface area contributed by atoms with Crippen molar-refractivity contribution in [2.45, 2.75) is 17.6 Å². The monoisotopic (exact) mass is 465 g/mol. The van der Waals surface area contributed by atoms with E-state index in [-0.39, 0.29) is 17.1 Å². The Bertz CT molecular complexity index is 1460. The molecule has 0 aliphatic carbocycles. The van der Waals surface area contributed by atoms with Gasteiger partial charge in [-0.05, 0) is 42.0 Å². The first kappa shape index (κ1) is 21.6. The van der Waals surface area contributed by atoms with Crippen LogP contribution in [0.1, 0.15) is 11.1 Å². The molecule has 0 spiro atoms. The van der Waals surface area contributed by atoms with Gasteiger partial charge in [-0.2, -0.15) is 13.2 Å². The number of aromatic nitrogens is 2. The minimum Gasteiger partial charge on any atom is -0.280 e. The fourth-order valence-electron chi connectivity index (χ4n) is 3.25. The topological polar surface area (TPSA) is 84.0 Å². The van der Waals surface area contributed by atoms with Crippen LogP contribution in [0.15, 0.2) is 76.4 Å². The van der Waals surface area contributed by atoms with Crippen molar-refractivity contribution in [3.8, 4) is 0 Å². The number of alkyl halides is 3. The molecule has 0 saturated heterocycles. The predicted octanol–water partition coefficient (Wildman–Crippen LogP) is 4.34. The number of nitrogens with zero attached hydrogens (tertiary/aromatic N) is 1. The minimum absolute atomic E-state index is 0.0293. The number of aromatic amines is 1. The summed E-state index contributed by atoms with van der Waals surface area (Å²) in [7, 11) is -4.47. The van der Waals surface area contributed by atoms with Crippen molar-refractivity contribution in [2.24, 2.45) is 0 Å². The fourth-order valence-corrected chi connectivity index (χ4v) is 4.33. The summed E-state index contributed by atoms with van der Waals surface area (Å²) in [6.45, 7) is 0.375. The lowest BCUT2D eigenvalue weighted by Gasteiger charge is -2.12. The Balaban J connectivity index is 1.66. The average Bonchev–Trinajstić information content (AvgIpc) is 3.02. The summed E-state index contributed by atoms with van der Waals surface area (Å²) in [4.78, 5) is 11.6. The summed E-state index contributed by atoms with van der Waals surface area (Å²) >= 11 is 0. The van der Waals surface area contributed by atoms with Crippen LogP contribution in [0.5, 0.6) is 0 Å². The molecule has 0 unspecified atom stereocenters. The number of fused-ring (bicyclic) bond motifs is 1. The second kappa shape index (κ2) is 7.83. The number of sulfonamides is 1. The smallest absolute Gasteiger partial charge is 0.280 e. The highest BCUT2D eigenvalue weighted by Crippen LogP contribution is 2.33. The maximum absolute atomic E-state index is 13.5. The van der Waals surface area contributed by atoms with Crippen molar-refractivity contribution in [3.05, 3.63) is 94.0 Å². The Hall–Kier alpha value is -3.60. The van der Waals surface area contributed by atoms with Crippen LogP contribution in [0.25, 0.3) is 10.9 Å². The molecule has 3 aromatic carbocycles. The Morgan fingerprint density at radius 2 is 1.69 bits per heavy atom. The van der Waals surface area contributed by atoms with E-state index < -0.39 is 38.0 Å². The molecule has 4 rings (SSSR count). The molecule has 11 heteroatoms. The summed E-state index contributed by atoms with van der Waals surface area (Å²) in [5.74, 6) is -1.58. The lowest BCUT2D eigenvalue weighted by atomic mass is 10.2. The van der Waals surface area contributed by atoms with E-state index in [4.69, 9.17) is 0 Å². The molecule has 6 nitrogen and oxygen atoms in total. The van der Waals surface area contributed by atoms with Gasteiger partial charge in [0.05, 0.1) is 27.9 Å². The molecule has 0 atom stereocenters. The van der Waals surface area contributed by atoms with Crippen LogP contribution in [0, 0.1) is 5.82 Å². The summed E-state index contributed by atoms with van der Waals surface area (Å²) in [5, 5.41) is 2.86. The third kappa shape index (κ3) is 4.24. The number of hydrogen-bond donors (Lipinski definition) is 2. The first-order valence-corrected chi connectivity index (χ1v) is 10.7. The van der Waals surface area contributed by atoms with Crippen LogP contribution >= 0.6 is 0 Å². The zero-order valence-electron chi connectivity index (χ0n) is 16.2. The van der Waals surface area contributed by atoms with E-state index in [2.05, 4.69) is 9.82 Å². The van der Waals surface area contributed by atoms with Gasteiger partial charge in [-0.25, -0.2) is 12.8 Å². The van der Waals surface area contributed by atoms with Gasteiger partial charge in [0.25, 0.3) is 15.6 Å².